The van der Waals surface area contributed by atoms with Gasteiger partial charge in [0.1, 0.15) is 11.2 Å². The molecule has 0 fully saturated rings. The topological polar surface area (TPSA) is 13.1 Å². The predicted molar refractivity (Wildman–Crippen MR) is 190 cm³/mol. The quantitative estimate of drug-likeness (QED) is 0.190. The molecule has 0 spiro atoms. The molecule has 9 aromatic rings. The van der Waals surface area contributed by atoms with Crippen molar-refractivity contribution in [2.45, 2.75) is 0 Å². The Balaban J connectivity index is 1.42. The highest BCUT2D eigenvalue weighted by atomic mass is 16.3. The van der Waals surface area contributed by atoms with Gasteiger partial charge in [-0.25, -0.2) is 0 Å². The van der Waals surface area contributed by atoms with E-state index in [1.807, 2.05) is 78.9 Å². The number of rotatable bonds is 4. The van der Waals surface area contributed by atoms with Crippen LogP contribution in [0.2, 0.25) is 0 Å². The fraction of sp³-hybridized carbons (Fsp3) is 0. The van der Waals surface area contributed by atoms with E-state index in [1.165, 1.54) is 0 Å². The Labute approximate surface area is 268 Å². The van der Waals surface area contributed by atoms with Crippen LogP contribution in [0, 0.1) is 0 Å². The lowest BCUT2D eigenvalue weighted by Crippen LogP contribution is -1.93. The van der Waals surface area contributed by atoms with Crippen molar-refractivity contribution >= 4 is 43.5 Å². The molecule has 1 aromatic heterocycles. The number of fused-ring (bicyclic) bond motifs is 5. The first kappa shape index (κ1) is 20.9. The van der Waals surface area contributed by atoms with Gasteiger partial charge in [0, 0.05) is 16.3 Å². The first-order chi connectivity index (χ1) is 24.4. The minimum absolute atomic E-state index is 0.197. The van der Waals surface area contributed by atoms with E-state index in [1.54, 1.807) is 0 Å². The van der Waals surface area contributed by atoms with Gasteiger partial charge in [0.2, 0.25) is 0 Å². The van der Waals surface area contributed by atoms with Crippen molar-refractivity contribution in [3.63, 3.8) is 0 Å². The van der Waals surface area contributed by atoms with Crippen LogP contribution in [-0.2, 0) is 0 Å². The van der Waals surface area contributed by atoms with Crippen LogP contribution in [-0.4, -0.2) is 0 Å². The Kier molecular flexibility index (Phi) is 4.81. The van der Waals surface area contributed by atoms with E-state index in [2.05, 4.69) is 60.7 Å². The van der Waals surface area contributed by atoms with Crippen molar-refractivity contribution in [2.24, 2.45) is 0 Å². The molecule has 1 nitrogen and oxygen atoms in total. The van der Waals surface area contributed by atoms with Gasteiger partial charge in [0.05, 0.1) is 6.85 Å². The number of furan rings is 1. The van der Waals surface area contributed by atoms with Crippen LogP contribution in [0.5, 0.6) is 0 Å². The lowest BCUT2D eigenvalue weighted by molar-refractivity contribution is 0.669. The van der Waals surface area contributed by atoms with E-state index in [-0.39, 0.29) is 29.7 Å². The van der Waals surface area contributed by atoms with Gasteiger partial charge in [-0.15, -0.1) is 0 Å². The molecule has 0 bridgehead atoms. The Hall–Kier alpha value is -5.92. The van der Waals surface area contributed by atoms with Crippen LogP contribution in [0.15, 0.2) is 174 Å². The zero-order valence-corrected chi connectivity index (χ0v) is 24.2. The summed E-state index contributed by atoms with van der Waals surface area (Å²) in [4.78, 5) is 0. The molecular weight excluding hydrogens is 544 g/mol. The third-order valence-corrected chi connectivity index (χ3v) is 8.77. The zero-order valence-electron chi connectivity index (χ0n) is 29.2. The molecule has 0 amide bonds. The maximum Gasteiger partial charge on any atom is 0.136 e. The minimum Gasteiger partial charge on any atom is -0.456 e. The van der Waals surface area contributed by atoms with E-state index in [4.69, 9.17) is 11.3 Å². The van der Waals surface area contributed by atoms with Crippen LogP contribution >= 0.6 is 0 Å². The maximum absolute atomic E-state index is 8.93. The number of hydrogen-bond acceptors (Lipinski definition) is 1. The SMILES string of the molecule is [2H]c1c([2H])c([2H])c(-c2c3ccccc3c(-c3ccc4oc5ccccc5c4c3-c3ccc(-c4ccccc4)cc3)c3ccccc23)c([2H])c1[2H]. The van der Waals surface area contributed by atoms with Crippen molar-refractivity contribution in [3.05, 3.63) is 170 Å². The predicted octanol–water partition coefficient (Wildman–Crippen LogP) is 12.6. The summed E-state index contributed by atoms with van der Waals surface area (Å²) in [6, 6.07) is 45.7. The summed E-state index contributed by atoms with van der Waals surface area (Å²) >= 11 is 0. The molecule has 1 heteroatoms. The van der Waals surface area contributed by atoms with Gasteiger partial charge in [0.25, 0.3) is 0 Å². The third kappa shape index (κ3) is 4.09. The summed E-state index contributed by atoms with van der Waals surface area (Å²) in [6.45, 7) is 0. The molecule has 0 radical (unpaired) electrons. The summed E-state index contributed by atoms with van der Waals surface area (Å²) in [5, 5.41) is 5.50. The van der Waals surface area contributed by atoms with Crippen molar-refractivity contribution < 1.29 is 11.3 Å². The molecule has 45 heavy (non-hydrogen) atoms. The van der Waals surface area contributed by atoms with Gasteiger partial charge in [-0.3, -0.25) is 0 Å². The van der Waals surface area contributed by atoms with Crippen LogP contribution < -0.4 is 0 Å². The molecule has 1 heterocycles. The minimum atomic E-state index is -0.405. The van der Waals surface area contributed by atoms with E-state index < -0.39 is 6.04 Å². The normalized spacial score (nSPS) is 13.1. The molecule has 0 saturated carbocycles. The summed E-state index contributed by atoms with van der Waals surface area (Å²) in [5.74, 6) is 0. The van der Waals surface area contributed by atoms with Gasteiger partial charge >= 0.3 is 0 Å². The van der Waals surface area contributed by atoms with Gasteiger partial charge in [-0.05, 0) is 78.7 Å². The molecule has 210 valence electrons. The molecule has 0 atom stereocenters. The number of hydrogen-bond donors (Lipinski definition) is 0. The van der Waals surface area contributed by atoms with E-state index in [0.29, 0.717) is 5.56 Å². The van der Waals surface area contributed by atoms with Gasteiger partial charge in [-0.2, -0.15) is 0 Å². The summed E-state index contributed by atoms with van der Waals surface area (Å²) in [5.41, 5.74) is 8.79. The summed E-state index contributed by atoms with van der Waals surface area (Å²) in [7, 11) is 0. The van der Waals surface area contributed by atoms with Crippen LogP contribution in [0.4, 0.5) is 0 Å². The van der Waals surface area contributed by atoms with Gasteiger partial charge in [-0.1, -0.05) is 152 Å². The lowest BCUT2D eigenvalue weighted by atomic mass is 9.82. The Morgan fingerprint density at radius 3 is 1.56 bits per heavy atom. The molecule has 0 N–H and O–H groups in total. The Morgan fingerprint density at radius 2 is 0.889 bits per heavy atom. The second kappa shape index (κ2) is 10.4. The number of benzene rings is 8. The fourth-order valence-electron chi connectivity index (χ4n) is 6.85. The fourth-order valence-corrected chi connectivity index (χ4v) is 6.85. The monoisotopic (exact) mass is 577 g/mol. The second-order valence-corrected chi connectivity index (χ2v) is 11.2. The standard InChI is InChI=1S/C44H28O/c1-3-13-29(14-4-1)30-23-25-32(26-24-30)42-38(27-28-40-44(42)37-21-11-12-22-39(37)45-40)43-35-19-9-7-17-33(35)41(31-15-5-2-6-16-31)34-18-8-10-20-36(34)43/h1-28H/i2D,5D,6D,15D,16D. The van der Waals surface area contributed by atoms with Crippen LogP contribution in [0.1, 0.15) is 6.85 Å². The molecule has 8 aromatic carbocycles. The smallest absolute Gasteiger partial charge is 0.136 e. The number of para-hydroxylation sites is 1. The average molecular weight is 578 g/mol. The van der Waals surface area contributed by atoms with Crippen molar-refractivity contribution in [2.75, 3.05) is 0 Å². The highest BCUT2D eigenvalue weighted by Gasteiger charge is 2.22. The molecule has 0 unspecified atom stereocenters. The van der Waals surface area contributed by atoms with Crippen molar-refractivity contribution in [3.8, 4) is 44.5 Å². The Morgan fingerprint density at radius 1 is 0.356 bits per heavy atom. The van der Waals surface area contributed by atoms with Crippen molar-refractivity contribution in [1.82, 2.24) is 0 Å². The van der Waals surface area contributed by atoms with Crippen LogP contribution in [0.25, 0.3) is 88.0 Å². The highest BCUT2D eigenvalue weighted by molar-refractivity contribution is 6.25. The van der Waals surface area contributed by atoms with E-state index in [9.17, 15) is 0 Å². The zero-order chi connectivity index (χ0) is 34.1. The third-order valence-electron chi connectivity index (χ3n) is 8.77. The first-order valence-corrected chi connectivity index (χ1v) is 15.0. The first-order valence-electron chi connectivity index (χ1n) is 17.5. The molecule has 0 aliphatic carbocycles. The molecule has 0 saturated heterocycles. The van der Waals surface area contributed by atoms with Crippen molar-refractivity contribution in [1.29, 1.82) is 0 Å². The molecule has 0 aliphatic rings. The average Bonchev–Trinajstić information content (AvgIpc) is 3.55. The van der Waals surface area contributed by atoms with Crippen LogP contribution in [0.3, 0.4) is 0 Å². The largest absolute Gasteiger partial charge is 0.456 e. The highest BCUT2D eigenvalue weighted by Crippen LogP contribution is 2.49. The van der Waals surface area contributed by atoms with Gasteiger partial charge in [0.15, 0.2) is 0 Å². The molecule has 9 rings (SSSR count). The van der Waals surface area contributed by atoms with Gasteiger partial charge < -0.3 is 4.42 Å². The summed E-state index contributed by atoms with van der Waals surface area (Å²) in [6.07, 6.45) is 0. The molecular formula is C44H28O. The lowest BCUT2D eigenvalue weighted by Gasteiger charge is -2.20. The molecule has 0 aliphatic heterocycles. The second-order valence-electron chi connectivity index (χ2n) is 11.2. The van der Waals surface area contributed by atoms with E-state index >= 15 is 0 Å². The van der Waals surface area contributed by atoms with E-state index in [0.717, 1.165) is 76.9 Å². The maximum atomic E-state index is 8.93. The Bertz CT molecular complexity index is 2720. The summed E-state index contributed by atoms with van der Waals surface area (Å²) < 4.78 is 49.5.